The minimum absolute atomic E-state index is 0.0350. The van der Waals surface area contributed by atoms with Crippen molar-refractivity contribution in [3.8, 4) is 0 Å². The number of rotatable bonds is 9. The van der Waals surface area contributed by atoms with Crippen LogP contribution in [0, 0.1) is 5.82 Å². The Morgan fingerprint density at radius 3 is 2.67 bits per heavy atom. The molecule has 1 aromatic rings. The summed E-state index contributed by atoms with van der Waals surface area (Å²) >= 11 is 0. The molecule has 0 bridgehead atoms. The molecular formula is C14H23FN2O3S. The molecule has 120 valence electrons. The molecule has 0 aliphatic carbocycles. The maximum absolute atomic E-state index is 13.4. The molecule has 0 amide bonds. The fourth-order valence-corrected chi connectivity index (χ4v) is 3.20. The lowest BCUT2D eigenvalue weighted by molar-refractivity contribution is 0.0799. The molecule has 0 aliphatic rings. The van der Waals surface area contributed by atoms with Gasteiger partial charge >= 0.3 is 0 Å². The van der Waals surface area contributed by atoms with Crippen LogP contribution in [0.5, 0.6) is 0 Å². The van der Waals surface area contributed by atoms with E-state index in [0.717, 1.165) is 6.07 Å². The van der Waals surface area contributed by atoms with Crippen molar-refractivity contribution in [3.05, 3.63) is 29.6 Å². The molecular weight excluding hydrogens is 295 g/mol. The van der Waals surface area contributed by atoms with Gasteiger partial charge in [-0.1, -0.05) is 13.0 Å². The topological polar surface area (TPSA) is 67.4 Å². The van der Waals surface area contributed by atoms with Crippen molar-refractivity contribution in [1.82, 2.24) is 10.0 Å². The number of benzene rings is 1. The summed E-state index contributed by atoms with van der Waals surface area (Å²) in [6, 6.07) is 3.79. The summed E-state index contributed by atoms with van der Waals surface area (Å²) in [5.41, 5.74) is 0.537. The molecule has 0 fully saturated rings. The minimum Gasteiger partial charge on any atom is -0.377 e. The number of hydrogen-bond donors (Lipinski definition) is 2. The molecule has 0 saturated heterocycles. The van der Waals surface area contributed by atoms with Crippen LogP contribution in [0.15, 0.2) is 23.1 Å². The van der Waals surface area contributed by atoms with E-state index in [1.807, 2.05) is 13.8 Å². The predicted molar refractivity (Wildman–Crippen MR) is 80.1 cm³/mol. The van der Waals surface area contributed by atoms with Gasteiger partial charge in [-0.15, -0.1) is 0 Å². The zero-order valence-corrected chi connectivity index (χ0v) is 13.5. The van der Waals surface area contributed by atoms with Crippen molar-refractivity contribution >= 4 is 10.0 Å². The van der Waals surface area contributed by atoms with Crippen LogP contribution in [0.25, 0.3) is 0 Å². The molecule has 0 aromatic heterocycles. The Morgan fingerprint density at radius 2 is 2.05 bits per heavy atom. The second kappa shape index (κ2) is 8.43. The molecule has 7 heteroatoms. The van der Waals surface area contributed by atoms with Crippen molar-refractivity contribution in [2.24, 2.45) is 0 Å². The molecule has 0 aliphatic heterocycles. The summed E-state index contributed by atoms with van der Waals surface area (Å²) in [5.74, 6) is -0.575. The zero-order chi connectivity index (χ0) is 15.9. The van der Waals surface area contributed by atoms with Gasteiger partial charge in [0.2, 0.25) is 10.0 Å². The van der Waals surface area contributed by atoms with E-state index in [0.29, 0.717) is 25.3 Å². The molecule has 21 heavy (non-hydrogen) atoms. The molecule has 0 heterocycles. The highest BCUT2D eigenvalue weighted by atomic mass is 32.2. The molecule has 2 N–H and O–H groups in total. The van der Waals surface area contributed by atoms with Crippen molar-refractivity contribution in [1.29, 1.82) is 0 Å². The largest absolute Gasteiger partial charge is 0.377 e. The second-order valence-corrected chi connectivity index (χ2v) is 6.39. The van der Waals surface area contributed by atoms with Gasteiger partial charge in [0.1, 0.15) is 5.82 Å². The van der Waals surface area contributed by atoms with Gasteiger partial charge in [-0.25, -0.2) is 17.5 Å². The molecule has 1 atom stereocenters. The van der Waals surface area contributed by atoms with Crippen LogP contribution in [0.3, 0.4) is 0 Å². The van der Waals surface area contributed by atoms with E-state index in [1.165, 1.54) is 12.1 Å². The smallest absolute Gasteiger partial charge is 0.241 e. The Balaban J connectivity index is 2.92. The molecule has 0 saturated carbocycles. The first-order valence-corrected chi connectivity index (χ1v) is 8.49. The van der Waals surface area contributed by atoms with Crippen molar-refractivity contribution in [3.63, 3.8) is 0 Å². The molecule has 0 spiro atoms. The first-order chi connectivity index (χ1) is 9.90. The van der Waals surface area contributed by atoms with Crippen LogP contribution in [0.1, 0.15) is 26.3 Å². The van der Waals surface area contributed by atoms with E-state index in [1.54, 1.807) is 6.92 Å². The lowest BCUT2D eigenvalue weighted by Gasteiger charge is -2.15. The van der Waals surface area contributed by atoms with Crippen LogP contribution < -0.4 is 10.0 Å². The highest BCUT2D eigenvalue weighted by Crippen LogP contribution is 2.17. The number of sulfonamides is 1. The Bertz CT molecular complexity index is 549. The summed E-state index contributed by atoms with van der Waals surface area (Å²) in [7, 11) is -3.77. The van der Waals surface area contributed by atoms with Gasteiger partial charge in [-0.2, -0.15) is 0 Å². The van der Waals surface area contributed by atoms with Gasteiger partial charge in [0.25, 0.3) is 0 Å². The minimum atomic E-state index is -3.77. The molecule has 0 radical (unpaired) electrons. The Hall–Kier alpha value is -1.02. The van der Waals surface area contributed by atoms with Crippen molar-refractivity contribution in [2.75, 3.05) is 19.7 Å². The third-order valence-corrected chi connectivity index (χ3v) is 4.40. The van der Waals surface area contributed by atoms with Gasteiger partial charge in [-0.3, -0.25) is 0 Å². The van der Waals surface area contributed by atoms with Crippen molar-refractivity contribution < 1.29 is 17.5 Å². The van der Waals surface area contributed by atoms with E-state index < -0.39 is 15.8 Å². The quantitative estimate of drug-likeness (QED) is 0.726. The maximum atomic E-state index is 13.4. The normalized spacial score (nSPS) is 13.3. The maximum Gasteiger partial charge on any atom is 0.241 e. The molecule has 1 rings (SSSR count). The number of hydrogen-bond acceptors (Lipinski definition) is 4. The third-order valence-electron chi connectivity index (χ3n) is 2.90. The van der Waals surface area contributed by atoms with Crippen LogP contribution in [-0.4, -0.2) is 34.2 Å². The van der Waals surface area contributed by atoms with Gasteiger partial charge in [0.15, 0.2) is 0 Å². The lowest BCUT2D eigenvalue weighted by atomic mass is 10.2. The van der Waals surface area contributed by atoms with Gasteiger partial charge in [0, 0.05) is 19.7 Å². The van der Waals surface area contributed by atoms with Crippen LogP contribution in [0.2, 0.25) is 0 Å². The fourth-order valence-electron chi connectivity index (χ4n) is 1.83. The van der Waals surface area contributed by atoms with Gasteiger partial charge in [-0.05, 0) is 38.1 Å². The summed E-state index contributed by atoms with van der Waals surface area (Å²) in [5, 5.41) is 3.04. The highest BCUT2D eigenvalue weighted by molar-refractivity contribution is 7.89. The van der Waals surface area contributed by atoms with E-state index >= 15 is 0 Å². The Labute approximate surface area is 125 Å². The number of nitrogens with one attached hydrogen (secondary N) is 2. The van der Waals surface area contributed by atoms with Crippen molar-refractivity contribution in [2.45, 2.75) is 38.3 Å². The zero-order valence-electron chi connectivity index (χ0n) is 12.6. The first-order valence-electron chi connectivity index (χ1n) is 7.01. The number of halogens is 1. The third kappa shape index (κ3) is 5.70. The second-order valence-electron chi connectivity index (χ2n) is 4.65. The summed E-state index contributed by atoms with van der Waals surface area (Å²) in [6.45, 7) is 7.25. The molecule has 1 aromatic carbocycles. The SMILES string of the molecule is CCNCc1ccc(F)cc1S(=O)(=O)NCC(C)OCC. The van der Waals surface area contributed by atoms with E-state index in [4.69, 9.17) is 4.74 Å². The Morgan fingerprint density at radius 1 is 1.33 bits per heavy atom. The van der Waals surface area contributed by atoms with Crippen LogP contribution >= 0.6 is 0 Å². The Kier molecular flexibility index (Phi) is 7.24. The highest BCUT2D eigenvalue weighted by Gasteiger charge is 2.20. The first kappa shape index (κ1) is 18.0. The molecule has 1 unspecified atom stereocenters. The standard InChI is InChI=1S/C14H23FN2O3S/c1-4-16-10-12-6-7-13(15)8-14(12)21(18,19)17-9-11(3)20-5-2/h6-8,11,16-17H,4-5,9-10H2,1-3H3. The predicted octanol–water partition coefficient (Wildman–Crippen LogP) is 1.64. The summed E-state index contributed by atoms with van der Waals surface area (Å²) in [6.07, 6.45) is -0.240. The van der Waals surface area contributed by atoms with E-state index in [2.05, 4.69) is 10.0 Å². The van der Waals surface area contributed by atoms with Gasteiger partial charge < -0.3 is 10.1 Å². The number of ether oxygens (including phenoxy) is 1. The average Bonchev–Trinajstić information content (AvgIpc) is 2.44. The van der Waals surface area contributed by atoms with Crippen LogP contribution in [0.4, 0.5) is 4.39 Å². The van der Waals surface area contributed by atoms with Gasteiger partial charge in [0.05, 0.1) is 11.0 Å². The van der Waals surface area contributed by atoms with E-state index in [9.17, 15) is 12.8 Å². The summed E-state index contributed by atoms with van der Waals surface area (Å²) in [4.78, 5) is -0.0350. The summed E-state index contributed by atoms with van der Waals surface area (Å²) < 4.78 is 45.7. The lowest BCUT2D eigenvalue weighted by Crippen LogP contribution is -2.33. The van der Waals surface area contributed by atoms with E-state index in [-0.39, 0.29) is 17.5 Å². The fraction of sp³-hybridized carbons (Fsp3) is 0.571. The molecule has 5 nitrogen and oxygen atoms in total. The average molecular weight is 318 g/mol. The monoisotopic (exact) mass is 318 g/mol. The van der Waals surface area contributed by atoms with Crippen LogP contribution in [-0.2, 0) is 21.3 Å².